The molecule has 0 amide bonds. The molecule has 196 valence electrons. The van der Waals surface area contributed by atoms with E-state index >= 15 is 0 Å². The van der Waals surface area contributed by atoms with Crippen LogP contribution in [0.2, 0.25) is 0 Å². The summed E-state index contributed by atoms with van der Waals surface area (Å²) in [6.45, 7) is 1.21. The average molecular weight is 521 g/mol. The third-order valence-electron chi connectivity index (χ3n) is 6.67. The summed E-state index contributed by atoms with van der Waals surface area (Å²) in [5, 5.41) is 11.3. The zero-order valence-electron chi connectivity index (χ0n) is 20.9. The number of hydroxylamine groups is 2. The Morgan fingerprint density at radius 1 is 1.00 bits per heavy atom. The monoisotopic (exact) mass is 520 g/mol. The highest BCUT2D eigenvalue weighted by molar-refractivity contribution is 5.98. The van der Waals surface area contributed by atoms with Gasteiger partial charge in [-0.2, -0.15) is 5.26 Å². The van der Waals surface area contributed by atoms with E-state index in [1.54, 1.807) is 35.4 Å². The molecule has 0 radical (unpaired) electrons. The minimum absolute atomic E-state index is 0.176. The number of carbonyl (C=O) groups excluding carboxylic acids is 2. The number of nitrogens with zero attached hydrogens (tertiary/aromatic N) is 2. The fourth-order valence-corrected chi connectivity index (χ4v) is 4.96. The molecule has 1 saturated heterocycles. The van der Waals surface area contributed by atoms with Gasteiger partial charge in [0, 0.05) is 31.4 Å². The van der Waals surface area contributed by atoms with Crippen molar-refractivity contribution in [2.75, 3.05) is 20.3 Å². The third-order valence-corrected chi connectivity index (χ3v) is 6.67. The largest absolute Gasteiger partial charge is 0.493 e. The van der Waals surface area contributed by atoms with Crippen LogP contribution in [0.25, 0.3) is 0 Å². The maximum atomic E-state index is 13.9. The second-order valence-corrected chi connectivity index (χ2v) is 8.89. The predicted molar refractivity (Wildman–Crippen MR) is 133 cm³/mol. The van der Waals surface area contributed by atoms with Gasteiger partial charge >= 0.3 is 5.97 Å². The summed E-state index contributed by atoms with van der Waals surface area (Å²) in [5.41, 5.74) is 0.569. The summed E-state index contributed by atoms with van der Waals surface area (Å²) in [4.78, 5) is 29.9. The molecule has 1 unspecified atom stereocenters. The number of esters is 1. The standard InChI is InChI=1S/C29H26F2N2O5/c1-19(34)37-18-26(35)20-3-12-27(28(17-20)36-2)38-33-16-14-23(13-15-32)29(33,21-4-8-24(30)9-5-21)22-6-10-25(31)11-7-22/h3-12,17,23H,13-14,16,18H2,1-2H3. The maximum absolute atomic E-state index is 13.9. The van der Waals surface area contributed by atoms with Gasteiger partial charge in [-0.05, 0) is 60.0 Å². The van der Waals surface area contributed by atoms with Gasteiger partial charge in [0.25, 0.3) is 0 Å². The summed E-state index contributed by atoms with van der Waals surface area (Å²) in [7, 11) is 1.43. The van der Waals surface area contributed by atoms with Gasteiger partial charge in [0.1, 0.15) is 17.2 Å². The van der Waals surface area contributed by atoms with Crippen molar-refractivity contribution >= 4 is 11.8 Å². The molecule has 3 aromatic rings. The fraction of sp³-hybridized carbons (Fsp3) is 0.276. The van der Waals surface area contributed by atoms with E-state index in [9.17, 15) is 23.6 Å². The van der Waals surface area contributed by atoms with E-state index in [4.69, 9.17) is 14.3 Å². The van der Waals surface area contributed by atoms with Crippen LogP contribution in [0, 0.1) is 28.9 Å². The van der Waals surface area contributed by atoms with Gasteiger partial charge in [-0.1, -0.05) is 24.3 Å². The minimum Gasteiger partial charge on any atom is -0.493 e. The Hall–Kier alpha value is -4.29. The first kappa shape index (κ1) is 26.8. The summed E-state index contributed by atoms with van der Waals surface area (Å²) >= 11 is 0. The number of carbonyl (C=O) groups is 2. The van der Waals surface area contributed by atoms with Crippen molar-refractivity contribution in [2.24, 2.45) is 5.92 Å². The Bertz CT molecular complexity index is 1310. The van der Waals surface area contributed by atoms with Crippen LogP contribution in [0.1, 0.15) is 41.3 Å². The first-order valence-electron chi connectivity index (χ1n) is 12.0. The number of nitriles is 1. The lowest BCUT2D eigenvalue weighted by Crippen LogP contribution is -2.48. The van der Waals surface area contributed by atoms with Crippen LogP contribution in [-0.2, 0) is 15.1 Å². The Labute approximate surface area is 219 Å². The van der Waals surface area contributed by atoms with E-state index in [1.807, 2.05) is 0 Å². The smallest absolute Gasteiger partial charge is 0.303 e. The molecule has 0 N–H and O–H groups in total. The maximum Gasteiger partial charge on any atom is 0.303 e. The first-order valence-corrected chi connectivity index (χ1v) is 12.0. The molecule has 1 heterocycles. The molecule has 0 bridgehead atoms. The van der Waals surface area contributed by atoms with Crippen molar-refractivity contribution in [1.82, 2.24) is 5.06 Å². The van der Waals surface area contributed by atoms with Crippen molar-refractivity contribution in [3.8, 4) is 17.6 Å². The molecule has 3 aromatic carbocycles. The van der Waals surface area contributed by atoms with Gasteiger partial charge in [-0.15, -0.1) is 5.06 Å². The second-order valence-electron chi connectivity index (χ2n) is 8.89. The SMILES string of the molecule is COc1cc(C(=O)COC(C)=O)ccc1ON1CCC(CC#N)C1(c1ccc(F)cc1)c1ccc(F)cc1. The van der Waals surface area contributed by atoms with Crippen molar-refractivity contribution in [1.29, 1.82) is 5.26 Å². The van der Waals surface area contributed by atoms with E-state index < -0.39 is 35.5 Å². The van der Waals surface area contributed by atoms with Gasteiger partial charge < -0.3 is 14.3 Å². The fourth-order valence-electron chi connectivity index (χ4n) is 4.96. The molecule has 38 heavy (non-hydrogen) atoms. The van der Waals surface area contributed by atoms with Crippen LogP contribution in [0.4, 0.5) is 8.78 Å². The zero-order chi connectivity index (χ0) is 27.3. The molecule has 0 aliphatic carbocycles. The number of halogens is 2. The molecule has 0 saturated carbocycles. The Balaban J connectivity index is 1.79. The number of ketones is 1. The number of benzene rings is 3. The van der Waals surface area contributed by atoms with Crippen LogP contribution in [-0.4, -0.2) is 37.1 Å². The molecule has 9 heteroatoms. The summed E-state index contributed by atoms with van der Waals surface area (Å²) in [6, 6.07) is 18.7. The van der Waals surface area contributed by atoms with Crippen molar-refractivity contribution < 1.29 is 32.7 Å². The third kappa shape index (κ3) is 5.22. The quantitative estimate of drug-likeness (QED) is 0.283. The number of hydrogen-bond donors (Lipinski definition) is 0. The molecule has 1 aliphatic rings. The van der Waals surface area contributed by atoms with Crippen LogP contribution in [0.5, 0.6) is 11.5 Å². The van der Waals surface area contributed by atoms with Crippen LogP contribution < -0.4 is 9.57 Å². The van der Waals surface area contributed by atoms with Crippen LogP contribution in [0.3, 0.4) is 0 Å². The second kappa shape index (κ2) is 11.4. The topological polar surface area (TPSA) is 88.9 Å². The minimum atomic E-state index is -1.05. The first-order chi connectivity index (χ1) is 18.3. The number of rotatable bonds is 9. The molecule has 0 spiro atoms. The van der Waals surface area contributed by atoms with Crippen molar-refractivity contribution in [2.45, 2.75) is 25.3 Å². The van der Waals surface area contributed by atoms with Crippen LogP contribution in [0.15, 0.2) is 66.7 Å². The van der Waals surface area contributed by atoms with Crippen molar-refractivity contribution in [3.63, 3.8) is 0 Å². The highest BCUT2D eigenvalue weighted by atomic mass is 19.1. The summed E-state index contributed by atoms with van der Waals surface area (Å²) < 4.78 is 38.1. The van der Waals surface area contributed by atoms with E-state index in [-0.39, 0.29) is 23.7 Å². The Morgan fingerprint density at radius 2 is 1.61 bits per heavy atom. The molecule has 4 rings (SSSR count). The van der Waals surface area contributed by atoms with Crippen LogP contribution >= 0.6 is 0 Å². The predicted octanol–water partition coefficient (Wildman–Crippen LogP) is 5.19. The van der Waals surface area contributed by atoms with Gasteiger partial charge in [-0.3, -0.25) is 9.59 Å². The molecule has 1 fully saturated rings. The van der Waals surface area contributed by atoms with Crippen molar-refractivity contribution in [3.05, 3.63) is 95.1 Å². The number of hydrogen-bond acceptors (Lipinski definition) is 7. The van der Waals surface area contributed by atoms with E-state index in [2.05, 4.69) is 6.07 Å². The highest BCUT2D eigenvalue weighted by Crippen LogP contribution is 2.50. The molecular formula is C29H26F2N2O5. The van der Waals surface area contributed by atoms with Gasteiger partial charge in [-0.25, -0.2) is 8.78 Å². The number of methoxy groups -OCH3 is 1. The van der Waals surface area contributed by atoms with Gasteiger partial charge in [0.05, 0.1) is 13.2 Å². The summed E-state index contributed by atoms with van der Waals surface area (Å²) in [6.07, 6.45) is 0.749. The molecule has 1 atom stereocenters. The molecule has 0 aromatic heterocycles. The van der Waals surface area contributed by atoms with E-state index in [1.165, 1.54) is 50.4 Å². The van der Waals surface area contributed by atoms with Gasteiger partial charge in [0.15, 0.2) is 23.9 Å². The summed E-state index contributed by atoms with van der Waals surface area (Å²) in [5.74, 6) is -1.52. The molecule has 1 aliphatic heterocycles. The zero-order valence-corrected chi connectivity index (χ0v) is 20.9. The number of ether oxygens (including phenoxy) is 2. The van der Waals surface area contributed by atoms with Gasteiger partial charge in [0.2, 0.25) is 0 Å². The Morgan fingerprint density at radius 3 is 2.13 bits per heavy atom. The number of Topliss-reactive ketones (excluding diaryl/α,β-unsaturated/α-hetero) is 1. The van der Waals surface area contributed by atoms with E-state index in [0.29, 0.717) is 29.8 Å². The molecular weight excluding hydrogens is 494 g/mol. The lowest BCUT2D eigenvalue weighted by molar-refractivity contribution is -0.139. The average Bonchev–Trinajstić information content (AvgIpc) is 3.26. The lowest BCUT2D eigenvalue weighted by atomic mass is 9.73. The molecule has 7 nitrogen and oxygen atoms in total. The Kier molecular flexibility index (Phi) is 8.03. The lowest BCUT2D eigenvalue weighted by Gasteiger charge is -2.42. The highest BCUT2D eigenvalue weighted by Gasteiger charge is 2.53. The normalized spacial score (nSPS) is 16.4. The van der Waals surface area contributed by atoms with E-state index in [0.717, 1.165) is 0 Å².